The fraction of sp³-hybridized carbons (Fsp3) is 0.160. The van der Waals surface area contributed by atoms with Gasteiger partial charge in [-0.15, -0.1) is 11.3 Å². The molecule has 0 aliphatic carbocycles. The number of carbonyl (C=O) groups excluding carboxylic acids is 2. The van der Waals surface area contributed by atoms with Gasteiger partial charge in [-0.2, -0.15) is 0 Å². The molecule has 0 bridgehead atoms. The summed E-state index contributed by atoms with van der Waals surface area (Å²) in [6, 6.07) is 7.50. The van der Waals surface area contributed by atoms with Crippen molar-refractivity contribution in [1.82, 2.24) is 15.3 Å². The minimum absolute atomic E-state index is 0.0491. The number of anilines is 3. The van der Waals surface area contributed by atoms with Gasteiger partial charge < -0.3 is 26.2 Å². The molecule has 4 aromatic rings. The van der Waals surface area contributed by atoms with Crippen LogP contribution in [0.5, 0.6) is 5.75 Å². The second-order valence-corrected chi connectivity index (χ2v) is 10.0. The average Bonchev–Trinajstić information content (AvgIpc) is 3.54. The molecule has 40 heavy (non-hydrogen) atoms. The third kappa shape index (κ3) is 6.86. The van der Waals surface area contributed by atoms with Crippen LogP contribution in [-0.4, -0.2) is 46.6 Å². The van der Waals surface area contributed by atoms with E-state index < -0.39 is 29.5 Å². The predicted molar refractivity (Wildman–Crippen MR) is 148 cm³/mol. The Morgan fingerprint density at radius 3 is 2.65 bits per heavy atom. The molecule has 0 saturated heterocycles. The number of rotatable bonds is 10. The lowest BCUT2D eigenvalue weighted by atomic mass is 10.1. The highest BCUT2D eigenvalue weighted by Crippen LogP contribution is 2.39. The van der Waals surface area contributed by atoms with Gasteiger partial charge in [0.25, 0.3) is 5.91 Å². The van der Waals surface area contributed by atoms with E-state index in [0.717, 1.165) is 28.7 Å². The Labute approximate surface area is 234 Å². The highest BCUT2D eigenvalue weighted by atomic mass is 32.1. The van der Waals surface area contributed by atoms with Gasteiger partial charge >= 0.3 is 12.0 Å². The van der Waals surface area contributed by atoms with Crippen LogP contribution in [0.25, 0.3) is 21.1 Å². The lowest BCUT2D eigenvalue weighted by Crippen LogP contribution is -2.29. The Hall–Kier alpha value is -4.63. The molecule has 0 radical (unpaired) electrons. The minimum atomic E-state index is -0.961. The summed E-state index contributed by atoms with van der Waals surface area (Å²) in [7, 11) is 1.45. The number of nitrogens with two attached hydrogens (primary N) is 1. The van der Waals surface area contributed by atoms with Crippen molar-refractivity contribution in [2.24, 2.45) is 0 Å². The third-order valence-corrected chi connectivity index (χ3v) is 7.32. The largest absolute Gasteiger partial charge is 0.497 e. The summed E-state index contributed by atoms with van der Waals surface area (Å²) < 4.78 is 34.4. The van der Waals surface area contributed by atoms with Gasteiger partial charge in [0.15, 0.2) is 5.13 Å². The predicted octanol–water partition coefficient (Wildman–Crippen LogP) is 5.04. The Balaban J connectivity index is 1.49. The molecule has 15 heteroatoms. The van der Waals surface area contributed by atoms with Crippen LogP contribution in [0.1, 0.15) is 23.2 Å². The van der Waals surface area contributed by atoms with Crippen molar-refractivity contribution >= 4 is 57.2 Å². The number of aromatic nitrogens is 2. The molecule has 0 spiro atoms. The normalized spacial score (nSPS) is 10.7. The van der Waals surface area contributed by atoms with Crippen molar-refractivity contribution in [3.8, 4) is 26.9 Å². The van der Waals surface area contributed by atoms with Crippen LogP contribution in [0.2, 0.25) is 0 Å². The third-order valence-electron chi connectivity index (χ3n) is 5.34. The molecule has 0 unspecified atom stereocenters. The van der Waals surface area contributed by atoms with Crippen LogP contribution in [0.15, 0.2) is 41.8 Å². The highest BCUT2D eigenvalue weighted by molar-refractivity contribution is 7.23. The van der Waals surface area contributed by atoms with E-state index in [9.17, 15) is 23.2 Å². The van der Waals surface area contributed by atoms with Gasteiger partial charge in [0.05, 0.1) is 18.5 Å². The van der Waals surface area contributed by atoms with Crippen LogP contribution in [0.3, 0.4) is 0 Å². The summed E-state index contributed by atoms with van der Waals surface area (Å²) >= 11 is 2.17. The van der Waals surface area contributed by atoms with E-state index in [0.29, 0.717) is 21.7 Å². The van der Waals surface area contributed by atoms with Crippen molar-refractivity contribution in [2.75, 3.05) is 30.0 Å². The van der Waals surface area contributed by atoms with Crippen molar-refractivity contribution in [3.63, 3.8) is 0 Å². The molecule has 0 atom stereocenters. The zero-order chi connectivity index (χ0) is 28.8. The summed E-state index contributed by atoms with van der Waals surface area (Å²) in [5, 5.41) is 18.2. The van der Waals surface area contributed by atoms with Crippen LogP contribution in [-0.2, 0) is 4.79 Å². The first-order valence-electron chi connectivity index (χ1n) is 11.6. The van der Waals surface area contributed by atoms with Gasteiger partial charge in [0, 0.05) is 35.5 Å². The molecule has 2 heterocycles. The monoisotopic (exact) mass is 588 g/mol. The number of amides is 3. The highest BCUT2D eigenvalue weighted by Gasteiger charge is 2.20. The van der Waals surface area contributed by atoms with Crippen LogP contribution >= 0.6 is 22.7 Å². The van der Waals surface area contributed by atoms with E-state index in [-0.39, 0.29) is 52.8 Å². The number of thiazole rings is 2. The lowest BCUT2D eigenvalue weighted by molar-refractivity contribution is -0.137. The summed E-state index contributed by atoms with van der Waals surface area (Å²) in [4.78, 5) is 44.2. The fourth-order valence-corrected chi connectivity index (χ4v) is 5.22. The molecule has 11 nitrogen and oxygen atoms in total. The van der Waals surface area contributed by atoms with E-state index in [1.54, 1.807) is 17.5 Å². The van der Waals surface area contributed by atoms with Crippen LogP contribution in [0.4, 0.5) is 30.2 Å². The lowest BCUT2D eigenvalue weighted by Gasteiger charge is -2.10. The van der Waals surface area contributed by atoms with E-state index in [1.165, 1.54) is 19.2 Å². The number of nitrogens with zero attached hydrogens (tertiary/aromatic N) is 2. The molecule has 2 aromatic carbocycles. The number of ether oxygens (including phenoxy) is 1. The second-order valence-electron chi connectivity index (χ2n) is 8.15. The molecule has 0 aliphatic heterocycles. The first-order chi connectivity index (χ1) is 19.1. The van der Waals surface area contributed by atoms with E-state index >= 15 is 0 Å². The summed E-state index contributed by atoms with van der Waals surface area (Å²) in [6.07, 6.45) is 0.189. The smallest absolute Gasteiger partial charge is 0.321 e. The topological polar surface area (TPSA) is 169 Å². The second kappa shape index (κ2) is 12.5. The molecular formula is C25H22F2N6O5S2. The minimum Gasteiger partial charge on any atom is -0.497 e. The van der Waals surface area contributed by atoms with Gasteiger partial charge in [-0.1, -0.05) is 17.4 Å². The van der Waals surface area contributed by atoms with Gasteiger partial charge in [0.2, 0.25) is 0 Å². The van der Waals surface area contributed by atoms with Crippen molar-refractivity contribution in [2.45, 2.75) is 12.8 Å². The zero-order valence-electron chi connectivity index (χ0n) is 20.8. The average molecular weight is 589 g/mol. The number of benzene rings is 2. The van der Waals surface area contributed by atoms with Crippen molar-refractivity contribution in [1.29, 1.82) is 0 Å². The van der Waals surface area contributed by atoms with Gasteiger partial charge in [0.1, 0.15) is 33.1 Å². The quantitative estimate of drug-likeness (QED) is 0.161. The van der Waals surface area contributed by atoms with Crippen molar-refractivity contribution in [3.05, 3.63) is 59.0 Å². The zero-order valence-corrected chi connectivity index (χ0v) is 22.4. The van der Waals surface area contributed by atoms with Gasteiger partial charge in [-0.3, -0.25) is 14.9 Å². The molecule has 0 aliphatic rings. The van der Waals surface area contributed by atoms with Crippen LogP contribution in [0, 0.1) is 11.6 Å². The molecule has 0 saturated carbocycles. The number of halogens is 2. The SMILES string of the molecule is COc1cccc(C(=O)Nc2cc(-c3csc(-c4sc(NC(=O)NCCCC(=O)O)nc4N)n3)c(F)cc2F)c1. The Morgan fingerprint density at radius 1 is 1.10 bits per heavy atom. The molecular weight excluding hydrogens is 566 g/mol. The number of aliphatic carboxylic acids is 1. The fourth-order valence-electron chi connectivity index (χ4n) is 3.42. The molecule has 208 valence electrons. The first-order valence-corrected chi connectivity index (χ1v) is 13.3. The van der Waals surface area contributed by atoms with Gasteiger partial charge in [-0.25, -0.2) is 23.5 Å². The van der Waals surface area contributed by atoms with E-state index in [4.69, 9.17) is 15.6 Å². The Morgan fingerprint density at radius 2 is 1.90 bits per heavy atom. The number of carboxylic acid groups (broad SMARTS) is 1. The number of methoxy groups -OCH3 is 1. The summed E-state index contributed by atoms with van der Waals surface area (Å²) in [5.41, 5.74) is 6.11. The Kier molecular flexibility index (Phi) is 8.86. The number of nitrogens with one attached hydrogen (secondary N) is 3. The number of hydrogen-bond donors (Lipinski definition) is 5. The molecule has 6 N–H and O–H groups in total. The van der Waals surface area contributed by atoms with E-state index in [1.807, 2.05) is 0 Å². The number of urea groups is 1. The molecule has 2 aromatic heterocycles. The standard InChI is InChI=1S/C25H22F2N6O5S2/c1-38-13-5-2-4-12(8-13)22(36)30-17-9-14(15(26)10-16(17)27)18-11-39-23(31-18)20-21(28)32-25(40-20)33-24(37)29-7-3-6-19(34)35/h2,4-5,8-11H,3,6-7,28H2,1H3,(H,30,36)(H,34,35)(H2,29,32,33,37). The number of carbonyl (C=O) groups is 3. The molecule has 4 rings (SSSR count). The van der Waals surface area contributed by atoms with Crippen molar-refractivity contribution < 1.29 is 33.0 Å². The maximum Gasteiger partial charge on any atom is 0.321 e. The van der Waals surface area contributed by atoms with Gasteiger partial charge in [-0.05, 0) is 30.7 Å². The first kappa shape index (κ1) is 28.4. The molecule has 0 fully saturated rings. The maximum atomic E-state index is 14.8. The summed E-state index contributed by atoms with van der Waals surface area (Å²) in [6.45, 7) is 0.160. The molecule has 3 amide bonds. The number of hydrogen-bond acceptors (Lipinski definition) is 9. The summed E-state index contributed by atoms with van der Waals surface area (Å²) in [5.74, 6) is -2.89. The van der Waals surface area contributed by atoms with E-state index in [2.05, 4.69) is 25.9 Å². The number of carboxylic acids is 1. The Bertz CT molecular complexity index is 1580. The van der Waals surface area contributed by atoms with Crippen LogP contribution < -0.4 is 26.4 Å². The number of nitrogen functional groups attached to an aromatic ring is 1. The maximum absolute atomic E-state index is 14.8.